The van der Waals surface area contributed by atoms with Crippen LogP contribution in [0.5, 0.6) is 5.75 Å². The Morgan fingerprint density at radius 3 is 2.50 bits per heavy atom. The largest absolute Gasteiger partial charge is 0.497 e. The van der Waals surface area contributed by atoms with Gasteiger partial charge in [-0.25, -0.2) is 0 Å². The van der Waals surface area contributed by atoms with Gasteiger partial charge in [0.05, 0.1) is 19.7 Å². The monoisotopic (exact) mass is 499 g/mol. The number of halogens is 1. The number of guanidine groups is 1. The van der Waals surface area contributed by atoms with E-state index in [1.807, 2.05) is 23.7 Å². The Kier molecular flexibility index (Phi) is 8.97. The van der Waals surface area contributed by atoms with Gasteiger partial charge in [-0.3, -0.25) is 9.89 Å². The van der Waals surface area contributed by atoms with E-state index >= 15 is 0 Å². The van der Waals surface area contributed by atoms with Crippen LogP contribution < -0.4 is 15.4 Å². The highest BCUT2D eigenvalue weighted by Crippen LogP contribution is 2.26. The van der Waals surface area contributed by atoms with Gasteiger partial charge in [-0.05, 0) is 43.6 Å². The summed E-state index contributed by atoms with van der Waals surface area (Å²) in [5.74, 6) is 2.51. The number of methoxy groups -OCH3 is 1. The molecule has 3 rings (SSSR count). The van der Waals surface area contributed by atoms with E-state index < -0.39 is 0 Å². The van der Waals surface area contributed by atoms with E-state index in [0.717, 1.165) is 37.2 Å². The number of aryl methyl sites for hydroxylation is 1. The molecule has 0 saturated carbocycles. The summed E-state index contributed by atoms with van der Waals surface area (Å²) in [5, 5.41) is 14.8. The van der Waals surface area contributed by atoms with Crippen molar-refractivity contribution in [3.05, 3.63) is 42.0 Å². The molecule has 1 aromatic heterocycles. The molecule has 1 aliphatic heterocycles. The Bertz CT molecular complexity index is 741. The average molecular weight is 499 g/mol. The van der Waals surface area contributed by atoms with Crippen molar-refractivity contribution in [1.29, 1.82) is 0 Å². The standard InChI is InChI=1S/C19H29N7O.HI/c1-20-19(22-13-18-24-23-14-25(18)2)21-12-17(26-10-4-5-11-26)15-6-8-16(27-3)9-7-15;/h6-9,14,17H,4-5,10-13H2,1-3H3,(H2,20,21,22);1H. The minimum absolute atomic E-state index is 0. The molecule has 1 atom stereocenters. The van der Waals surface area contributed by atoms with Crippen molar-refractivity contribution in [2.75, 3.05) is 33.8 Å². The lowest BCUT2D eigenvalue weighted by Gasteiger charge is -2.29. The van der Waals surface area contributed by atoms with Gasteiger partial charge in [0.25, 0.3) is 0 Å². The first-order valence-corrected chi connectivity index (χ1v) is 9.36. The lowest BCUT2D eigenvalue weighted by Crippen LogP contribution is -2.42. The number of nitrogens with zero attached hydrogens (tertiary/aromatic N) is 5. The number of benzene rings is 1. The van der Waals surface area contributed by atoms with Gasteiger partial charge in [-0.15, -0.1) is 34.2 Å². The summed E-state index contributed by atoms with van der Waals surface area (Å²) in [4.78, 5) is 6.87. The highest BCUT2D eigenvalue weighted by Gasteiger charge is 2.23. The number of aromatic nitrogens is 3. The molecule has 2 N–H and O–H groups in total. The number of aliphatic imine (C=N–C) groups is 1. The molecule has 9 heteroatoms. The summed E-state index contributed by atoms with van der Waals surface area (Å²) in [6, 6.07) is 8.66. The van der Waals surface area contributed by atoms with Crippen molar-refractivity contribution < 1.29 is 4.74 Å². The molecule has 1 unspecified atom stereocenters. The van der Waals surface area contributed by atoms with Crippen LogP contribution in [0.1, 0.15) is 30.3 Å². The first-order chi connectivity index (χ1) is 13.2. The maximum absolute atomic E-state index is 5.30. The second-order valence-corrected chi connectivity index (χ2v) is 6.70. The number of hydrogen-bond acceptors (Lipinski definition) is 5. The van der Waals surface area contributed by atoms with Gasteiger partial charge in [0.15, 0.2) is 11.8 Å². The van der Waals surface area contributed by atoms with Crippen LogP contribution in [0.4, 0.5) is 0 Å². The minimum atomic E-state index is 0. The van der Waals surface area contributed by atoms with Crippen LogP contribution in [0, 0.1) is 0 Å². The molecule has 0 bridgehead atoms. The fraction of sp³-hybridized carbons (Fsp3) is 0.526. The summed E-state index contributed by atoms with van der Waals surface area (Å²) in [6.45, 7) is 3.62. The zero-order chi connectivity index (χ0) is 19.1. The molecule has 8 nitrogen and oxygen atoms in total. The maximum atomic E-state index is 5.30. The van der Waals surface area contributed by atoms with Gasteiger partial charge in [0.2, 0.25) is 0 Å². The minimum Gasteiger partial charge on any atom is -0.497 e. The SMILES string of the molecule is CN=C(NCc1nncn1C)NCC(c1ccc(OC)cc1)N1CCCC1.I. The van der Waals surface area contributed by atoms with Gasteiger partial charge < -0.3 is 19.9 Å². The molecule has 1 fully saturated rings. The van der Waals surface area contributed by atoms with Gasteiger partial charge in [0.1, 0.15) is 12.1 Å². The molecule has 0 amide bonds. The molecule has 2 aromatic rings. The van der Waals surface area contributed by atoms with Crippen molar-refractivity contribution in [2.24, 2.45) is 12.0 Å². The Labute approximate surface area is 183 Å². The maximum Gasteiger partial charge on any atom is 0.191 e. The Balaban J connectivity index is 0.00000280. The molecule has 1 saturated heterocycles. The molecule has 2 heterocycles. The van der Waals surface area contributed by atoms with Gasteiger partial charge in [-0.2, -0.15) is 0 Å². The third-order valence-corrected chi connectivity index (χ3v) is 4.99. The highest BCUT2D eigenvalue weighted by atomic mass is 127. The number of hydrogen-bond donors (Lipinski definition) is 2. The first kappa shape index (κ1) is 22.4. The number of likely N-dealkylation sites (tertiary alicyclic amines) is 1. The van der Waals surface area contributed by atoms with E-state index in [-0.39, 0.29) is 24.0 Å². The number of nitrogens with one attached hydrogen (secondary N) is 2. The van der Waals surface area contributed by atoms with Crippen molar-refractivity contribution in [1.82, 2.24) is 30.3 Å². The number of ether oxygens (including phenoxy) is 1. The van der Waals surface area contributed by atoms with E-state index in [1.54, 1.807) is 20.5 Å². The fourth-order valence-corrected chi connectivity index (χ4v) is 3.38. The number of rotatable bonds is 7. The van der Waals surface area contributed by atoms with Crippen LogP contribution in [-0.4, -0.2) is 59.4 Å². The van der Waals surface area contributed by atoms with E-state index in [1.165, 1.54) is 18.4 Å². The van der Waals surface area contributed by atoms with Gasteiger partial charge in [0, 0.05) is 20.6 Å². The van der Waals surface area contributed by atoms with Crippen LogP contribution in [0.3, 0.4) is 0 Å². The van der Waals surface area contributed by atoms with Gasteiger partial charge in [-0.1, -0.05) is 12.1 Å². The molecule has 1 aromatic carbocycles. The molecule has 28 heavy (non-hydrogen) atoms. The predicted octanol–water partition coefficient (Wildman–Crippen LogP) is 1.94. The van der Waals surface area contributed by atoms with E-state index in [4.69, 9.17) is 4.74 Å². The second kappa shape index (κ2) is 11.2. The smallest absolute Gasteiger partial charge is 0.191 e. The fourth-order valence-electron chi connectivity index (χ4n) is 3.38. The summed E-state index contributed by atoms with van der Waals surface area (Å²) in [5.41, 5.74) is 1.29. The lowest BCUT2D eigenvalue weighted by atomic mass is 10.1. The molecule has 1 aliphatic rings. The molecular weight excluding hydrogens is 469 g/mol. The Morgan fingerprint density at radius 1 is 1.21 bits per heavy atom. The second-order valence-electron chi connectivity index (χ2n) is 6.70. The van der Waals surface area contributed by atoms with Crippen LogP contribution >= 0.6 is 24.0 Å². The molecule has 0 spiro atoms. The van der Waals surface area contributed by atoms with Crippen molar-refractivity contribution in [3.8, 4) is 5.75 Å². The summed E-state index contributed by atoms with van der Waals surface area (Å²) in [7, 11) is 5.41. The normalized spacial score (nSPS) is 15.8. The van der Waals surface area contributed by atoms with E-state index in [2.05, 4.69) is 42.9 Å². The third-order valence-electron chi connectivity index (χ3n) is 4.99. The third kappa shape index (κ3) is 5.81. The highest BCUT2D eigenvalue weighted by molar-refractivity contribution is 14.0. The molecule has 154 valence electrons. The summed E-state index contributed by atoms with van der Waals surface area (Å²) in [6.07, 6.45) is 4.21. The quantitative estimate of drug-likeness (QED) is 0.345. The average Bonchev–Trinajstić information content (AvgIpc) is 3.37. The van der Waals surface area contributed by atoms with E-state index in [0.29, 0.717) is 12.6 Å². The van der Waals surface area contributed by atoms with Crippen molar-refractivity contribution in [2.45, 2.75) is 25.4 Å². The van der Waals surface area contributed by atoms with Crippen LogP contribution in [-0.2, 0) is 13.6 Å². The van der Waals surface area contributed by atoms with Crippen molar-refractivity contribution in [3.63, 3.8) is 0 Å². The summed E-state index contributed by atoms with van der Waals surface area (Å²) < 4.78 is 7.19. The lowest BCUT2D eigenvalue weighted by molar-refractivity contribution is 0.245. The summed E-state index contributed by atoms with van der Waals surface area (Å²) >= 11 is 0. The zero-order valence-corrected chi connectivity index (χ0v) is 19.1. The van der Waals surface area contributed by atoms with Gasteiger partial charge >= 0.3 is 0 Å². The zero-order valence-electron chi connectivity index (χ0n) is 16.8. The van der Waals surface area contributed by atoms with Crippen molar-refractivity contribution >= 4 is 29.9 Å². The van der Waals surface area contributed by atoms with Crippen LogP contribution in [0.2, 0.25) is 0 Å². The molecule has 0 aliphatic carbocycles. The topological polar surface area (TPSA) is 79.6 Å². The van der Waals surface area contributed by atoms with E-state index in [9.17, 15) is 0 Å². The molecular formula is C19H30IN7O. The van der Waals surface area contributed by atoms with Crippen LogP contribution in [0.15, 0.2) is 35.6 Å². The Hall–Kier alpha value is -1.88. The predicted molar refractivity (Wildman–Crippen MR) is 121 cm³/mol. The molecule has 0 radical (unpaired) electrons. The Morgan fingerprint density at radius 2 is 1.93 bits per heavy atom. The first-order valence-electron chi connectivity index (χ1n) is 9.36. The van der Waals surface area contributed by atoms with Crippen LogP contribution in [0.25, 0.3) is 0 Å².